The molecule has 1 aliphatic carbocycles. The van der Waals surface area contributed by atoms with Gasteiger partial charge in [0.05, 0.1) is 7.11 Å². The minimum Gasteiger partial charge on any atom is -0.495 e. The molecule has 1 amide bonds. The molecule has 1 aliphatic rings. The summed E-state index contributed by atoms with van der Waals surface area (Å²) in [5.74, 6) is -0.121. The lowest BCUT2D eigenvalue weighted by atomic mass is 10.1. The number of aryl methyl sites for hydroxylation is 1. The molecule has 3 rings (SSSR count). The molecule has 2 aromatic carbocycles. The Labute approximate surface area is 153 Å². The molecule has 1 saturated carbocycles. The third-order valence-corrected chi connectivity index (χ3v) is 5.73. The molecular weight excluding hydrogens is 352 g/mol. The Morgan fingerprint density at radius 2 is 1.85 bits per heavy atom. The van der Waals surface area contributed by atoms with Gasteiger partial charge < -0.3 is 10.1 Å². The lowest BCUT2D eigenvalue weighted by molar-refractivity contribution is 0.0950. The molecule has 2 N–H and O–H groups in total. The molecule has 0 bridgehead atoms. The summed E-state index contributed by atoms with van der Waals surface area (Å²) < 4.78 is 32.8. The summed E-state index contributed by atoms with van der Waals surface area (Å²) in [6.07, 6.45) is 1.66. The molecule has 0 atom stereocenters. The topological polar surface area (TPSA) is 84.5 Å². The zero-order valence-corrected chi connectivity index (χ0v) is 15.6. The van der Waals surface area contributed by atoms with E-state index >= 15 is 0 Å². The largest absolute Gasteiger partial charge is 0.495 e. The van der Waals surface area contributed by atoms with Gasteiger partial charge in [0.2, 0.25) is 10.0 Å². The number of carbonyl (C=O) groups is 1. The number of amides is 1. The average molecular weight is 374 g/mol. The molecule has 138 valence electrons. The number of sulfonamides is 1. The first-order valence-corrected chi connectivity index (χ1v) is 9.91. The third-order valence-electron chi connectivity index (χ3n) is 4.19. The molecular formula is C19H22N2O4S. The van der Waals surface area contributed by atoms with E-state index in [4.69, 9.17) is 4.74 Å². The lowest BCUT2D eigenvalue weighted by Gasteiger charge is -2.12. The monoisotopic (exact) mass is 374 g/mol. The van der Waals surface area contributed by atoms with Crippen LogP contribution in [0.5, 0.6) is 5.75 Å². The number of benzene rings is 2. The fraction of sp³-hybridized carbons (Fsp3) is 0.316. The van der Waals surface area contributed by atoms with E-state index < -0.39 is 10.0 Å². The minimum absolute atomic E-state index is 0.0186. The van der Waals surface area contributed by atoms with Crippen LogP contribution in [0.3, 0.4) is 0 Å². The molecule has 7 heteroatoms. The van der Waals surface area contributed by atoms with E-state index in [1.54, 1.807) is 6.07 Å². The van der Waals surface area contributed by atoms with Crippen molar-refractivity contribution in [3.05, 3.63) is 59.2 Å². The molecule has 0 radical (unpaired) electrons. The number of hydrogen-bond acceptors (Lipinski definition) is 4. The zero-order valence-electron chi connectivity index (χ0n) is 14.8. The van der Waals surface area contributed by atoms with Crippen molar-refractivity contribution in [3.8, 4) is 5.75 Å². The quantitative estimate of drug-likeness (QED) is 0.779. The van der Waals surface area contributed by atoms with Crippen molar-refractivity contribution >= 4 is 15.9 Å². The molecule has 1 fully saturated rings. The number of methoxy groups -OCH3 is 1. The van der Waals surface area contributed by atoms with E-state index in [-0.39, 0.29) is 28.2 Å². The van der Waals surface area contributed by atoms with Gasteiger partial charge in [-0.1, -0.05) is 29.8 Å². The predicted octanol–water partition coefficient (Wildman–Crippen LogP) is 2.37. The molecule has 0 aliphatic heterocycles. The van der Waals surface area contributed by atoms with Crippen LogP contribution in [0.4, 0.5) is 0 Å². The summed E-state index contributed by atoms with van der Waals surface area (Å²) in [6.45, 7) is 2.37. The van der Waals surface area contributed by atoms with Crippen molar-refractivity contribution in [2.24, 2.45) is 0 Å². The van der Waals surface area contributed by atoms with E-state index in [0.717, 1.165) is 24.0 Å². The first-order chi connectivity index (χ1) is 12.4. The molecule has 2 aromatic rings. The highest BCUT2D eigenvalue weighted by atomic mass is 32.2. The van der Waals surface area contributed by atoms with Crippen LogP contribution in [0.2, 0.25) is 0 Å². The fourth-order valence-electron chi connectivity index (χ4n) is 2.50. The molecule has 0 saturated heterocycles. The Morgan fingerprint density at radius 1 is 1.15 bits per heavy atom. The second kappa shape index (κ2) is 7.47. The number of ether oxygens (including phenoxy) is 1. The van der Waals surface area contributed by atoms with Crippen LogP contribution in [0.1, 0.15) is 34.3 Å². The number of rotatable bonds is 7. The fourth-order valence-corrected chi connectivity index (χ4v) is 4.00. The Morgan fingerprint density at radius 3 is 2.46 bits per heavy atom. The predicted molar refractivity (Wildman–Crippen MR) is 98.7 cm³/mol. The smallest absolute Gasteiger partial charge is 0.251 e. The SMILES string of the molecule is COc1ccc(C(=O)NCc2ccc(C)cc2)cc1S(=O)(=O)NC1CC1. The summed E-state index contributed by atoms with van der Waals surface area (Å²) in [5.41, 5.74) is 2.39. The molecule has 0 heterocycles. The van der Waals surface area contributed by atoms with E-state index in [1.165, 1.54) is 19.2 Å². The van der Waals surface area contributed by atoms with Gasteiger partial charge in [-0.2, -0.15) is 0 Å². The van der Waals surface area contributed by atoms with E-state index in [9.17, 15) is 13.2 Å². The first kappa shape index (κ1) is 18.4. The van der Waals surface area contributed by atoms with Crippen molar-refractivity contribution in [2.45, 2.75) is 37.2 Å². The minimum atomic E-state index is -3.72. The summed E-state index contributed by atoms with van der Waals surface area (Å²) in [5, 5.41) is 2.81. The highest BCUT2D eigenvalue weighted by molar-refractivity contribution is 7.89. The van der Waals surface area contributed by atoms with Gasteiger partial charge in [0, 0.05) is 18.2 Å². The van der Waals surface area contributed by atoms with Crippen molar-refractivity contribution in [1.29, 1.82) is 0 Å². The highest BCUT2D eigenvalue weighted by Gasteiger charge is 2.30. The maximum Gasteiger partial charge on any atom is 0.251 e. The standard InChI is InChI=1S/C19H22N2O4S/c1-13-3-5-14(6-4-13)12-20-19(22)15-7-10-17(25-2)18(11-15)26(23,24)21-16-8-9-16/h3-7,10-11,16,21H,8-9,12H2,1-2H3,(H,20,22). The van der Waals surface area contributed by atoms with E-state index in [0.29, 0.717) is 6.54 Å². The molecule has 26 heavy (non-hydrogen) atoms. The second-order valence-electron chi connectivity index (χ2n) is 6.43. The number of carbonyl (C=O) groups excluding carboxylic acids is 1. The van der Waals surface area contributed by atoms with Crippen LogP contribution in [-0.4, -0.2) is 27.5 Å². The van der Waals surface area contributed by atoms with Gasteiger partial charge in [-0.25, -0.2) is 13.1 Å². The van der Waals surface area contributed by atoms with E-state index in [2.05, 4.69) is 10.0 Å². The van der Waals surface area contributed by atoms with Crippen molar-refractivity contribution in [3.63, 3.8) is 0 Å². The van der Waals surface area contributed by atoms with E-state index in [1.807, 2.05) is 31.2 Å². The van der Waals surface area contributed by atoms with Gasteiger partial charge in [-0.05, 0) is 43.5 Å². The van der Waals surface area contributed by atoms with Crippen LogP contribution < -0.4 is 14.8 Å². The summed E-state index contributed by atoms with van der Waals surface area (Å²) in [4.78, 5) is 12.4. The van der Waals surface area contributed by atoms with Gasteiger partial charge in [0.1, 0.15) is 10.6 Å². The van der Waals surface area contributed by atoms with Crippen molar-refractivity contribution in [1.82, 2.24) is 10.0 Å². The van der Waals surface area contributed by atoms with Crippen LogP contribution in [0, 0.1) is 6.92 Å². The second-order valence-corrected chi connectivity index (χ2v) is 8.11. The number of hydrogen-bond donors (Lipinski definition) is 2. The van der Waals surface area contributed by atoms with Gasteiger partial charge in [-0.15, -0.1) is 0 Å². The maximum atomic E-state index is 12.5. The molecule has 6 nitrogen and oxygen atoms in total. The van der Waals surface area contributed by atoms with Crippen LogP contribution in [-0.2, 0) is 16.6 Å². The zero-order chi connectivity index (χ0) is 18.7. The number of nitrogens with one attached hydrogen (secondary N) is 2. The maximum absolute atomic E-state index is 12.5. The molecule has 0 aromatic heterocycles. The Hall–Kier alpha value is -2.38. The van der Waals surface area contributed by atoms with Crippen LogP contribution in [0.15, 0.2) is 47.4 Å². The first-order valence-electron chi connectivity index (χ1n) is 8.43. The molecule has 0 spiro atoms. The van der Waals surface area contributed by atoms with Gasteiger partial charge >= 0.3 is 0 Å². The third kappa shape index (κ3) is 4.42. The Kier molecular flexibility index (Phi) is 5.29. The van der Waals surface area contributed by atoms with Crippen molar-refractivity contribution < 1.29 is 17.9 Å². The van der Waals surface area contributed by atoms with Crippen molar-refractivity contribution in [2.75, 3.05) is 7.11 Å². The Balaban J connectivity index is 1.77. The lowest BCUT2D eigenvalue weighted by Crippen LogP contribution is -2.27. The van der Waals surface area contributed by atoms with Crippen LogP contribution in [0.25, 0.3) is 0 Å². The summed E-state index contributed by atoms with van der Waals surface area (Å²) in [7, 11) is -2.32. The summed E-state index contributed by atoms with van der Waals surface area (Å²) >= 11 is 0. The summed E-state index contributed by atoms with van der Waals surface area (Å²) in [6, 6.07) is 12.2. The Bertz CT molecular complexity index is 904. The van der Waals surface area contributed by atoms with Crippen LogP contribution >= 0.6 is 0 Å². The normalized spacial score (nSPS) is 14.1. The van der Waals surface area contributed by atoms with Gasteiger partial charge in [-0.3, -0.25) is 4.79 Å². The van der Waals surface area contributed by atoms with Gasteiger partial charge in [0.15, 0.2) is 0 Å². The highest BCUT2D eigenvalue weighted by Crippen LogP contribution is 2.28. The average Bonchev–Trinajstić information content (AvgIpc) is 3.43. The molecule has 0 unspecified atom stereocenters. The van der Waals surface area contributed by atoms with Gasteiger partial charge in [0.25, 0.3) is 5.91 Å².